The molecule has 0 saturated heterocycles. The molecule has 1 N–H and O–H groups in total. The minimum atomic E-state index is 0.197. The van der Waals surface area contributed by atoms with Gasteiger partial charge in [-0.1, -0.05) is 6.42 Å². The van der Waals surface area contributed by atoms with Crippen LogP contribution >= 0.6 is 0 Å². The normalized spacial score (nSPS) is 15.4. The molecule has 0 bridgehead atoms. The first-order valence-corrected chi connectivity index (χ1v) is 6.80. The lowest BCUT2D eigenvalue weighted by Crippen LogP contribution is -2.35. The highest BCUT2D eigenvalue weighted by Crippen LogP contribution is 2.26. The van der Waals surface area contributed by atoms with E-state index in [0.717, 1.165) is 36.3 Å². The Morgan fingerprint density at radius 2 is 2.37 bits per heavy atom. The van der Waals surface area contributed by atoms with Crippen LogP contribution in [0.2, 0.25) is 0 Å². The standard InChI is InChI=1S/C14H18N4O/c1-18-12(17-11-6-3-8-15-13(11)18)7-9-16-14(19)10-4-2-5-10/h3,6,8,10H,2,4-5,7,9H2,1H3,(H,16,19). The third-order valence-electron chi connectivity index (χ3n) is 3.84. The van der Waals surface area contributed by atoms with E-state index in [1.54, 1.807) is 6.20 Å². The molecule has 5 nitrogen and oxygen atoms in total. The van der Waals surface area contributed by atoms with E-state index >= 15 is 0 Å². The number of rotatable bonds is 4. The predicted molar refractivity (Wildman–Crippen MR) is 72.6 cm³/mol. The molecule has 0 spiro atoms. The number of fused-ring (bicyclic) bond motifs is 1. The molecule has 2 heterocycles. The maximum Gasteiger partial charge on any atom is 0.223 e. The number of nitrogens with zero attached hydrogens (tertiary/aromatic N) is 3. The van der Waals surface area contributed by atoms with Crippen molar-refractivity contribution in [1.82, 2.24) is 19.9 Å². The van der Waals surface area contributed by atoms with Gasteiger partial charge in [-0.05, 0) is 25.0 Å². The van der Waals surface area contributed by atoms with Gasteiger partial charge in [-0.25, -0.2) is 9.97 Å². The van der Waals surface area contributed by atoms with Gasteiger partial charge >= 0.3 is 0 Å². The van der Waals surface area contributed by atoms with Gasteiger partial charge in [-0.15, -0.1) is 0 Å². The van der Waals surface area contributed by atoms with Crippen molar-refractivity contribution in [3.63, 3.8) is 0 Å². The molecule has 0 atom stereocenters. The SMILES string of the molecule is Cn1c(CCNC(=O)C2CCC2)nc2cccnc21. The lowest BCUT2D eigenvalue weighted by molar-refractivity contribution is -0.127. The van der Waals surface area contributed by atoms with Gasteiger partial charge in [0.1, 0.15) is 11.3 Å². The first-order valence-electron chi connectivity index (χ1n) is 6.80. The number of nitrogens with one attached hydrogen (secondary N) is 1. The van der Waals surface area contributed by atoms with E-state index < -0.39 is 0 Å². The summed E-state index contributed by atoms with van der Waals surface area (Å²) < 4.78 is 1.99. The maximum atomic E-state index is 11.7. The van der Waals surface area contributed by atoms with Crippen LogP contribution in [-0.4, -0.2) is 27.0 Å². The van der Waals surface area contributed by atoms with Gasteiger partial charge in [0.2, 0.25) is 5.91 Å². The van der Waals surface area contributed by atoms with E-state index in [9.17, 15) is 4.79 Å². The number of hydrogen-bond donors (Lipinski definition) is 1. The summed E-state index contributed by atoms with van der Waals surface area (Å²) in [7, 11) is 1.96. The number of amides is 1. The van der Waals surface area contributed by atoms with E-state index in [1.165, 1.54) is 6.42 Å². The van der Waals surface area contributed by atoms with Crippen LogP contribution in [-0.2, 0) is 18.3 Å². The van der Waals surface area contributed by atoms with Gasteiger partial charge in [0.15, 0.2) is 5.65 Å². The first-order chi connectivity index (χ1) is 9.25. The molecular weight excluding hydrogens is 240 g/mol. The van der Waals surface area contributed by atoms with Crippen molar-refractivity contribution in [3.8, 4) is 0 Å². The van der Waals surface area contributed by atoms with Crippen molar-refractivity contribution in [3.05, 3.63) is 24.2 Å². The van der Waals surface area contributed by atoms with Crippen LogP contribution in [0.15, 0.2) is 18.3 Å². The molecule has 19 heavy (non-hydrogen) atoms. The monoisotopic (exact) mass is 258 g/mol. The Hall–Kier alpha value is -1.91. The molecule has 1 amide bonds. The minimum absolute atomic E-state index is 0.197. The summed E-state index contributed by atoms with van der Waals surface area (Å²) in [5, 5.41) is 2.99. The molecule has 0 aromatic carbocycles. The quantitative estimate of drug-likeness (QED) is 0.902. The summed E-state index contributed by atoms with van der Waals surface area (Å²) in [6.45, 7) is 0.645. The van der Waals surface area contributed by atoms with E-state index in [2.05, 4.69) is 15.3 Å². The number of aromatic nitrogens is 3. The van der Waals surface area contributed by atoms with Crippen molar-refractivity contribution in [1.29, 1.82) is 0 Å². The van der Waals surface area contributed by atoms with Gasteiger partial charge < -0.3 is 9.88 Å². The number of imidazole rings is 1. The fraction of sp³-hybridized carbons (Fsp3) is 0.500. The highest BCUT2D eigenvalue weighted by Gasteiger charge is 2.24. The van der Waals surface area contributed by atoms with Gasteiger partial charge in [0, 0.05) is 32.1 Å². The second-order valence-electron chi connectivity index (χ2n) is 5.10. The van der Waals surface area contributed by atoms with Crippen LogP contribution < -0.4 is 5.32 Å². The molecule has 100 valence electrons. The number of hydrogen-bond acceptors (Lipinski definition) is 3. The fourth-order valence-corrected chi connectivity index (χ4v) is 2.41. The second kappa shape index (κ2) is 4.99. The topological polar surface area (TPSA) is 59.8 Å². The van der Waals surface area contributed by atoms with Crippen LogP contribution in [0, 0.1) is 5.92 Å². The Balaban J connectivity index is 1.62. The van der Waals surface area contributed by atoms with Crippen molar-refractivity contribution >= 4 is 17.1 Å². The Bertz CT molecular complexity index is 601. The minimum Gasteiger partial charge on any atom is -0.355 e. The molecule has 1 fully saturated rings. The average molecular weight is 258 g/mol. The van der Waals surface area contributed by atoms with Crippen LogP contribution in [0.5, 0.6) is 0 Å². The summed E-state index contributed by atoms with van der Waals surface area (Å²) in [6.07, 6.45) is 5.79. The van der Waals surface area contributed by atoms with Crippen LogP contribution in [0.1, 0.15) is 25.1 Å². The summed E-state index contributed by atoms with van der Waals surface area (Å²) in [6, 6.07) is 3.84. The van der Waals surface area contributed by atoms with Crippen LogP contribution in [0.4, 0.5) is 0 Å². The zero-order valence-corrected chi connectivity index (χ0v) is 11.1. The number of carbonyl (C=O) groups excluding carboxylic acids is 1. The number of pyridine rings is 1. The molecule has 2 aromatic rings. The fourth-order valence-electron chi connectivity index (χ4n) is 2.41. The summed E-state index contributed by atoms with van der Waals surface area (Å²) in [5.74, 6) is 1.41. The predicted octanol–water partition coefficient (Wildman–Crippen LogP) is 1.43. The maximum absolute atomic E-state index is 11.7. The average Bonchev–Trinajstić information content (AvgIpc) is 2.65. The Kier molecular flexibility index (Phi) is 3.19. The molecule has 0 radical (unpaired) electrons. The third kappa shape index (κ3) is 2.32. The molecular formula is C14H18N4O. The largest absolute Gasteiger partial charge is 0.355 e. The molecule has 0 unspecified atom stereocenters. The van der Waals surface area contributed by atoms with Crippen LogP contribution in [0.25, 0.3) is 11.2 Å². The van der Waals surface area contributed by atoms with Gasteiger partial charge in [0.25, 0.3) is 0 Å². The second-order valence-corrected chi connectivity index (χ2v) is 5.10. The van der Waals surface area contributed by atoms with E-state index in [1.807, 2.05) is 23.7 Å². The van der Waals surface area contributed by atoms with Gasteiger partial charge in [-0.3, -0.25) is 4.79 Å². The number of aryl methyl sites for hydroxylation is 1. The molecule has 1 aliphatic carbocycles. The summed E-state index contributed by atoms with van der Waals surface area (Å²) >= 11 is 0. The first kappa shape index (κ1) is 12.1. The highest BCUT2D eigenvalue weighted by molar-refractivity contribution is 5.79. The van der Waals surface area contributed by atoms with E-state index in [-0.39, 0.29) is 11.8 Å². The zero-order valence-electron chi connectivity index (χ0n) is 11.1. The van der Waals surface area contributed by atoms with Crippen molar-refractivity contribution in [2.24, 2.45) is 13.0 Å². The van der Waals surface area contributed by atoms with E-state index in [0.29, 0.717) is 6.54 Å². The van der Waals surface area contributed by atoms with Crippen LogP contribution in [0.3, 0.4) is 0 Å². The van der Waals surface area contributed by atoms with E-state index in [4.69, 9.17) is 0 Å². The Morgan fingerprint density at radius 1 is 1.53 bits per heavy atom. The highest BCUT2D eigenvalue weighted by atomic mass is 16.1. The molecule has 2 aromatic heterocycles. The Morgan fingerprint density at radius 3 is 3.05 bits per heavy atom. The molecule has 0 aliphatic heterocycles. The van der Waals surface area contributed by atoms with Gasteiger partial charge in [0.05, 0.1) is 0 Å². The zero-order chi connectivity index (χ0) is 13.2. The Labute approximate surface area is 112 Å². The molecule has 1 saturated carbocycles. The van der Waals surface area contributed by atoms with Crippen molar-refractivity contribution in [2.45, 2.75) is 25.7 Å². The molecule has 1 aliphatic rings. The van der Waals surface area contributed by atoms with Gasteiger partial charge in [-0.2, -0.15) is 0 Å². The lowest BCUT2D eigenvalue weighted by Gasteiger charge is -2.23. The number of carbonyl (C=O) groups is 1. The van der Waals surface area contributed by atoms with Crippen molar-refractivity contribution < 1.29 is 4.79 Å². The smallest absolute Gasteiger partial charge is 0.223 e. The molecule has 3 rings (SSSR count). The third-order valence-corrected chi connectivity index (χ3v) is 3.84. The molecule has 5 heteroatoms. The summed E-state index contributed by atoms with van der Waals surface area (Å²) in [4.78, 5) is 20.6. The lowest BCUT2D eigenvalue weighted by atomic mass is 9.85. The van der Waals surface area contributed by atoms with Crippen molar-refractivity contribution in [2.75, 3.05) is 6.54 Å². The summed E-state index contributed by atoms with van der Waals surface area (Å²) in [5.41, 5.74) is 1.80.